The molecule has 0 aromatic carbocycles. The van der Waals surface area contributed by atoms with Crippen LogP contribution in [0.15, 0.2) is 12.2 Å². The molecule has 0 aromatic heterocycles. The molecule has 0 aromatic rings. The fourth-order valence-electron chi connectivity index (χ4n) is 3.69. The summed E-state index contributed by atoms with van der Waals surface area (Å²) in [4.78, 5) is 71.3. The maximum atomic E-state index is 12.4. The number of hydrogen-bond acceptors (Lipinski definition) is 10. The Bertz CT molecular complexity index is 885. The third-order valence-electron chi connectivity index (χ3n) is 6.11. The van der Waals surface area contributed by atoms with Gasteiger partial charge in [0.1, 0.15) is 5.78 Å². The number of ether oxygens (including phenoxy) is 4. The SMILES string of the molecule is CC(C)[C@H](NC(=O)CCOCCOCCOCCOCCCC(=O)CCN1C(=O)C=CC1=O)C(=O)C[C@@H](C)C(=O)O. The van der Waals surface area contributed by atoms with Crippen LogP contribution in [-0.2, 0) is 47.7 Å². The summed E-state index contributed by atoms with van der Waals surface area (Å²) >= 11 is 0. The number of carbonyl (C=O) groups is 6. The van der Waals surface area contributed by atoms with Gasteiger partial charge in [-0.15, -0.1) is 0 Å². The van der Waals surface area contributed by atoms with E-state index in [1.165, 1.54) is 19.1 Å². The summed E-state index contributed by atoms with van der Waals surface area (Å²) in [6.07, 6.45) is 3.33. The minimum Gasteiger partial charge on any atom is -0.481 e. The van der Waals surface area contributed by atoms with Gasteiger partial charge in [-0.05, 0) is 12.3 Å². The molecule has 0 fully saturated rings. The molecule has 0 bridgehead atoms. The Hall–Kier alpha value is -3.00. The monoisotopic (exact) mass is 584 g/mol. The van der Waals surface area contributed by atoms with E-state index in [1.807, 2.05) is 0 Å². The highest BCUT2D eigenvalue weighted by molar-refractivity contribution is 6.13. The van der Waals surface area contributed by atoms with Gasteiger partial charge in [-0.25, -0.2) is 0 Å². The fourth-order valence-corrected chi connectivity index (χ4v) is 3.69. The first-order valence-corrected chi connectivity index (χ1v) is 13.9. The topological polar surface area (TPSA) is 175 Å². The first-order valence-electron chi connectivity index (χ1n) is 13.9. The molecule has 13 heteroatoms. The van der Waals surface area contributed by atoms with E-state index in [2.05, 4.69) is 5.32 Å². The molecule has 0 saturated heterocycles. The number of ketones is 2. The Labute approximate surface area is 240 Å². The lowest BCUT2D eigenvalue weighted by molar-refractivity contribution is -0.143. The van der Waals surface area contributed by atoms with Gasteiger partial charge in [-0.2, -0.15) is 0 Å². The van der Waals surface area contributed by atoms with Crippen LogP contribution in [0.25, 0.3) is 0 Å². The smallest absolute Gasteiger partial charge is 0.306 e. The number of Topliss-reactive ketones (excluding diaryl/α,β-unsaturated/α-hetero) is 2. The quantitative estimate of drug-likeness (QED) is 0.115. The zero-order chi connectivity index (χ0) is 30.6. The minimum atomic E-state index is -1.05. The molecule has 1 aliphatic rings. The molecule has 0 saturated carbocycles. The molecule has 0 spiro atoms. The zero-order valence-corrected chi connectivity index (χ0v) is 24.3. The van der Waals surface area contributed by atoms with Crippen LogP contribution in [0, 0.1) is 11.8 Å². The minimum absolute atomic E-state index is 0.0299. The van der Waals surface area contributed by atoms with Gasteiger partial charge in [-0.3, -0.25) is 33.7 Å². The van der Waals surface area contributed by atoms with Crippen LogP contribution in [0.4, 0.5) is 0 Å². The van der Waals surface area contributed by atoms with Gasteiger partial charge in [0, 0.05) is 51.0 Å². The van der Waals surface area contributed by atoms with Crippen molar-refractivity contribution in [3.8, 4) is 0 Å². The Morgan fingerprint density at radius 2 is 1.29 bits per heavy atom. The molecule has 2 atom stereocenters. The van der Waals surface area contributed by atoms with Crippen LogP contribution in [0.1, 0.15) is 52.9 Å². The predicted octanol–water partition coefficient (Wildman–Crippen LogP) is 0.928. The predicted molar refractivity (Wildman–Crippen MR) is 146 cm³/mol. The maximum Gasteiger partial charge on any atom is 0.306 e. The van der Waals surface area contributed by atoms with Crippen molar-refractivity contribution < 1.29 is 52.8 Å². The molecule has 13 nitrogen and oxygen atoms in total. The number of imide groups is 1. The Kier molecular flexibility index (Phi) is 18.3. The van der Waals surface area contributed by atoms with Gasteiger partial charge < -0.3 is 29.4 Å². The summed E-state index contributed by atoms with van der Waals surface area (Å²) < 4.78 is 21.6. The van der Waals surface area contributed by atoms with Crippen molar-refractivity contribution in [2.75, 3.05) is 59.4 Å². The van der Waals surface area contributed by atoms with E-state index in [-0.39, 0.29) is 67.6 Å². The fraction of sp³-hybridized carbons (Fsp3) is 0.714. The van der Waals surface area contributed by atoms with Gasteiger partial charge in [0.25, 0.3) is 11.8 Å². The zero-order valence-electron chi connectivity index (χ0n) is 24.3. The number of carboxylic acids is 1. The highest BCUT2D eigenvalue weighted by Gasteiger charge is 2.27. The van der Waals surface area contributed by atoms with Gasteiger partial charge in [0.2, 0.25) is 5.91 Å². The van der Waals surface area contributed by atoms with Crippen molar-refractivity contribution in [1.29, 1.82) is 0 Å². The number of nitrogens with zero attached hydrogens (tertiary/aromatic N) is 1. The molecule has 41 heavy (non-hydrogen) atoms. The van der Waals surface area contributed by atoms with Crippen LogP contribution in [-0.4, -0.2) is 111 Å². The number of nitrogens with one attached hydrogen (secondary N) is 1. The average Bonchev–Trinajstić information content (AvgIpc) is 3.24. The average molecular weight is 585 g/mol. The molecule has 232 valence electrons. The molecule has 1 aliphatic heterocycles. The van der Waals surface area contributed by atoms with Crippen LogP contribution >= 0.6 is 0 Å². The summed E-state index contributed by atoms with van der Waals surface area (Å²) in [6, 6.07) is -0.738. The molecule has 3 amide bonds. The van der Waals surface area contributed by atoms with Gasteiger partial charge in [0.15, 0.2) is 5.78 Å². The largest absolute Gasteiger partial charge is 0.481 e. The number of rotatable bonds is 25. The second-order valence-corrected chi connectivity index (χ2v) is 9.95. The normalized spacial score (nSPS) is 14.5. The van der Waals surface area contributed by atoms with Crippen molar-refractivity contribution in [3.05, 3.63) is 12.2 Å². The number of aliphatic carboxylic acids is 1. The molecule has 2 N–H and O–H groups in total. The molecular formula is C28H44N2O11. The summed E-state index contributed by atoms with van der Waals surface area (Å²) in [7, 11) is 0. The van der Waals surface area contributed by atoms with Crippen molar-refractivity contribution >= 4 is 35.3 Å². The summed E-state index contributed by atoms with van der Waals surface area (Å²) in [5.74, 6) is -3.47. The van der Waals surface area contributed by atoms with Crippen LogP contribution in [0.3, 0.4) is 0 Å². The Morgan fingerprint density at radius 3 is 1.80 bits per heavy atom. The van der Waals surface area contributed by atoms with Crippen molar-refractivity contribution in [2.24, 2.45) is 11.8 Å². The van der Waals surface area contributed by atoms with E-state index in [1.54, 1.807) is 13.8 Å². The van der Waals surface area contributed by atoms with Crippen LogP contribution in [0.2, 0.25) is 0 Å². The third-order valence-corrected chi connectivity index (χ3v) is 6.11. The summed E-state index contributed by atoms with van der Waals surface area (Å²) in [6.45, 7) is 7.82. The lowest BCUT2D eigenvalue weighted by Crippen LogP contribution is -2.45. The van der Waals surface area contributed by atoms with Gasteiger partial charge in [-0.1, -0.05) is 20.8 Å². The lowest BCUT2D eigenvalue weighted by atomic mass is 9.93. The van der Waals surface area contributed by atoms with Gasteiger partial charge >= 0.3 is 5.97 Å². The maximum absolute atomic E-state index is 12.4. The second-order valence-electron chi connectivity index (χ2n) is 9.95. The summed E-state index contributed by atoms with van der Waals surface area (Å²) in [5.41, 5.74) is 0. The third kappa shape index (κ3) is 16.1. The highest BCUT2D eigenvalue weighted by atomic mass is 16.6. The number of hydrogen-bond donors (Lipinski definition) is 2. The molecular weight excluding hydrogens is 540 g/mol. The number of carboxylic acid groups (broad SMARTS) is 1. The van der Waals surface area contributed by atoms with E-state index >= 15 is 0 Å². The highest BCUT2D eigenvalue weighted by Crippen LogP contribution is 2.11. The van der Waals surface area contributed by atoms with E-state index < -0.39 is 17.9 Å². The second kappa shape index (κ2) is 20.8. The summed E-state index contributed by atoms with van der Waals surface area (Å²) in [5, 5.41) is 11.7. The first kappa shape index (κ1) is 36.0. The Morgan fingerprint density at radius 1 is 0.780 bits per heavy atom. The molecule has 0 aliphatic carbocycles. The van der Waals surface area contributed by atoms with E-state index in [4.69, 9.17) is 24.1 Å². The van der Waals surface area contributed by atoms with E-state index in [0.717, 1.165) is 4.90 Å². The van der Waals surface area contributed by atoms with E-state index in [9.17, 15) is 28.8 Å². The number of carbonyl (C=O) groups excluding carboxylic acids is 5. The number of amides is 3. The van der Waals surface area contributed by atoms with E-state index in [0.29, 0.717) is 59.1 Å². The first-order chi connectivity index (χ1) is 19.5. The van der Waals surface area contributed by atoms with Gasteiger partial charge in [0.05, 0.1) is 58.2 Å². The lowest BCUT2D eigenvalue weighted by Gasteiger charge is -2.22. The Balaban J connectivity index is 1.93. The molecule has 1 heterocycles. The van der Waals surface area contributed by atoms with Crippen molar-refractivity contribution in [2.45, 2.75) is 58.9 Å². The van der Waals surface area contributed by atoms with Crippen LogP contribution < -0.4 is 5.32 Å². The van der Waals surface area contributed by atoms with Crippen molar-refractivity contribution in [1.82, 2.24) is 10.2 Å². The molecule has 0 unspecified atom stereocenters. The molecule has 1 rings (SSSR count). The van der Waals surface area contributed by atoms with Crippen LogP contribution in [0.5, 0.6) is 0 Å². The standard InChI is InChI=1S/C28H44N2O11/c1-20(2)27(23(32)19-21(3)28(36)37)29-24(33)9-12-39-14-16-41-18-17-40-15-13-38-11-4-5-22(31)8-10-30-25(34)6-7-26(30)35/h6-7,20-21,27H,4-5,8-19H2,1-3H3,(H,29,33)(H,36,37)/t21-,27+/m1/s1. The van der Waals surface area contributed by atoms with Crippen molar-refractivity contribution in [3.63, 3.8) is 0 Å². The molecule has 0 radical (unpaired) electrons.